The maximum absolute atomic E-state index is 4.32. The molecule has 16 heavy (non-hydrogen) atoms. The number of imidazole rings is 1. The zero-order chi connectivity index (χ0) is 11.1. The second kappa shape index (κ2) is 3.13. The Morgan fingerprint density at radius 2 is 1.75 bits per heavy atom. The monoisotopic (exact) mass is 214 g/mol. The quantitative estimate of drug-likeness (QED) is 0.604. The summed E-state index contributed by atoms with van der Waals surface area (Å²) in [6.45, 7) is 3.83. The van der Waals surface area contributed by atoms with Gasteiger partial charge < -0.3 is 0 Å². The largest absolute Gasteiger partial charge is 0.285 e. The molecule has 6 heteroatoms. The van der Waals surface area contributed by atoms with Crippen molar-refractivity contribution < 1.29 is 0 Å². The molecule has 6 nitrogen and oxygen atoms in total. The van der Waals surface area contributed by atoms with Gasteiger partial charge in [-0.05, 0) is 13.8 Å². The standard InChI is InChI=1S/C10H10N6/c1-7-11-3-5-15(7)9-10-14-13-8(2)16(10)6-4-12-9/h3-6H,1-2H3. The molecule has 0 radical (unpaired) electrons. The molecule has 0 amide bonds. The van der Waals surface area contributed by atoms with Crippen LogP contribution >= 0.6 is 0 Å². The molecular formula is C10H10N6. The highest BCUT2D eigenvalue weighted by Gasteiger charge is 2.10. The molecule has 0 aliphatic rings. The van der Waals surface area contributed by atoms with Gasteiger partial charge in [-0.2, -0.15) is 0 Å². The Hall–Kier alpha value is -2.24. The van der Waals surface area contributed by atoms with Gasteiger partial charge in [0, 0.05) is 24.8 Å². The van der Waals surface area contributed by atoms with Crippen LogP contribution in [0.25, 0.3) is 11.5 Å². The van der Waals surface area contributed by atoms with Gasteiger partial charge in [0.2, 0.25) is 5.65 Å². The lowest BCUT2D eigenvalue weighted by Crippen LogP contribution is -2.02. The van der Waals surface area contributed by atoms with Crippen molar-refractivity contribution >= 4 is 5.65 Å². The normalized spacial score (nSPS) is 11.1. The average Bonchev–Trinajstić information content (AvgIpc) is 2.86. The summed E-state index contributed by atoms with van der Waals surface area (Å²) in [6, 6.07) is 0. The van der Waals surface area contributed by atoms with Gasteiger partial charge in [-0.1, -0.05) is 0 Å². The van der Waals surface area contributed by atoms with E-state index >= 15 is 0 Å². The molecule has 0 aliphatic carbocycles. The van der Waals surface area contributed by atoms with Crippen LogP contribution < -0.4 is 0 Å². The van der Waals surface area contributed by atoms with Crippen LogP contribution in [0.15, 0.2) is 24.8 Å². The average molecular weight is 214 g/mol. The van der Waals surface area contributed by atoms with Gasteiger partial charge in [0.15, 0.2) is 5.82 Å². The highest BCUT2D eigenvalue weighted by molar-refractivity contribution is 5.54. The maximum atomic E-state index is 4.32. The van der Waals surface area contributed by atoms with Gasteiger partial charge in [0.05, 0.1) is 0 Å². The summed E-state index contributed by atoms with van der Waals surface area (Å²) in [4.78, 5) is 8.50. The van der Waals surface area contributed by atoms with Gasteiger partial charge >= 0.3 is 0 Å². The molecule has 0 spiro atoms. The van der Waals surface area contributed by atoms with Gasteiger partial charge in [-0.3, -0.25) is 8.97 Å². The summed E-state index contributed by atoms with van der Waals surface area (Å²) in [5.74, 6) is 2.47. The van der Waals surface area contributed by atoms with Crippen molar-refractivity contribution in [2.24, 2.45) is 0 Å². The summed E-state index contributed by atoms with van der Waals surface area (Å²) >= 11 is 0. The fourth-order valence-electron chi connectivity index (χ4n) is 1.70. The molecule has 3 aromatic rings. The summed E-state index contributed by atoms with van der Waals surface area (Å²) in [6.07, 6.45) is 7.18. The van der Waals surface area contributed by atoms with Crippen molar-refractivity contribution in [1.82, 2.24) is 29.1 Å². The molecule has 0 N–H and O–H groups in total. The van der Waals surface area contributed by atoms with Crippen LogP contribution in [0.5, 0.6) is 0 Å². The molecule has 0 aliphatic heterocycles. The lowest BCUT2D eigenvalue weighted by atomic mass is 10.5. The number of rotatable bonds is 1. The van der Waals surface area contributed by atoms with Crippen molar-refractivity contribution in [3.8, 4) is 5.82 Å². The molecule has 0 fully saturated rings. The molecule has 0 unspecified atom stereocenters. The highest BCUT2D eigenvalue weighted by Crippen LogP contribution is 2.13. The zero-order valence-electron chi connectivity index (χ0n) is 8.99. The Balaban J connectivity index is 2.36. The number of hydrogen-bond acceptors (Lipinski definition) is 4. The van der Waals surface area contributed by atoms with Crippen molar-refractivity contribution in [2.45, 2.75) is 13.8 Å². The number of aryl methyl sites for hydroxylation is 2. The van der Waals surface area contributed by atoms with E-state index < -0.39 is 0 Å². The van der Waals surface area contributed by atoms with Crippen LogP contribution in [-0.2, 0) is 0 Å². The first-order chi connectivity index (χ1) is 7.77. The van der Waals surface area contributed by atoms with Crippen LogP contribution in [0.3, 0.4) is 0 Å². The molecule has 0 aromatic carbocycles. The molecule has 3 rings (SSSR count). The minimum Gasteiger partial charge on any atom is -0.285 e. The van der Waals surface area contributed by atoms with E-state index in [1.807, 2.05) is 35.2 Å². The van der Waals surface area contributed by atoms with Crippen LogP contribution in [-0.4, -0.2) is 29.1 Å². The Morgan fingerprint density at radius 1 is 0.938 bits per heavy atom. The smallest absolute Gasteiger partial charge is 0.204 e. The Kier molecular flexibility index (Phi) is 1.76. The first-order valence-electron chi connectivity index (χ1n) is 4.94. The fraction of sp³-hybridized carbons (Fsp3) is 0.200. The second-order valence-electron chi connectivity index (χ2n) is 3.54. The lowest BCUT2D eigenvalue weighted by molar-refractivity contribution is 0.916. The highest BCUT2D eigenvalue weighted by atomic mass is 15.3. The van der Waals surface area contributed by atoms with Crippen molar-refractivity contribution in [1.29, 1.82) is 0 Å². The summed E-state index contributed by atoms with van der Waals surface area (Å²) in [5, 5.41) is 8.15. The minimum absolute atomic E-state index is 0.737. The fourth-order valence-corrected chi connectivity index (χ4v) is 1.70. The third kappa shape index (κ3) is 1.13. The lowest BCUT2D eigenvalue weighted by Gasteiger charge is -2.04. The van der Waals surface area contributed by atoms with E-state index in [1.54, 1.807) is 12.4 Å². The van der Waals surface area contributed by atoms with Crippen LogP contribution in [0.1, 0.15) is 11.6 Å². The minimum atomic E-state index is 0.737. The molecular weight excluding hydrogens is 204 g/mol. The van der Waals surface area contributed by atoms with E-state index in [0.29, 0.717) is 0 Å². The Morgan fingerprint density at radius 3 is 2.50 bits per heavy atom. The van der Waals surface area contributed by atoms with Crippen LogP contribution in [0, 0.1) is 13.8 Å². The third-order valence-corrected chi connectivity index (χ3v) is 2.53. The van der Waals surface area contributed by atoms with Crippen molar-refractivity contribution in [3.63, 3.8) is 0 Å². The first kappa shape index (κ1) is 9.02. The molecule has 0 saturated heterocycles. The molecule has 3 aromatic heterocycles. The predicted molar refractivity (Wildman–Crippen MR) is 57.4 cm³/mol. The maximum Gasteiger partial charge on any atom is 0.204 e. The van der Waals surface area contributed by atoms with E-state index in [9.17, 15) is 0 Å². The molecule has 3 heterocycles. The van der Waals surface area contributed by atoms with E-state index in [0.717, 1.165) is 23.1 Å². The van der Waals surface area contributed by atoms with Crippen LogP contribution in [0.2, 0.25) is 0 Å². The first-order valence-corrected chi connectivity index (χ1v) is 4.94. The third-order valence-electron chi connectivity index (χ3n) is 2.53. The molecule has 80 valence electrons. The summed E-state index contributed by atoms with van der Waals surface area (Å²) in [5.41, 5.74) is 0.737. The summed E-state index contributed by atoms with van der Waals surface area (Å²) in [7, 11) is 0. The van der Waals surface area contributed by atoms with Gasteiger partial charge in [-0.15, -0.1) is 10.2 Å². The van der Waals surface area contributed by atoms with Gasteiger partial charge in [-0.25, -0.2) is 9.97 Å². The Bertz CT molecular complexity index is 650. The summed E-state index contributed by atoms with van der Waals surface area (Å²) < 4.78 is 3.80. The zero-order valence-corrected chi connectivity index (χ0v) is 8.99. The molecule has 0 bridgehead atoms. The number of hydrogen-bond donors (Lipinski definition) is 0. The predicted octanol–water partition coefficient (Wildman–Crippen LogP) is 0.927. The van der Waals surface area contributed by atoms with Crippen LogP contribution in [0.4, 0.5) is 0 Å². The number of aromatic nitrogens is 6. The van der Waals surface area contributed by atoms with Crippen molar-refractivity contribution in [3.05, 3.63) is 36.4 Å². The second-order valence-corrected chi connectivity index (χ2v) is 3.54. The van der Waals surface area contributed by atoms with Gasteiger partial charge in [0.1, 0.15) is 11.6 Å². The van der Waals surface area contributed by atoms with E-state index in [-0.39, 0.29) is 0 Å². The van der Waals surface area contributed by atoms with E-state index in [2.05, 4.69) is 20.2 Å². The Labute approximate surface area is 91.6 Å². The number of fused-ring (bicyclic) bond motifs is 1. The molecule has 0 atom stereocenters. The SMILES string of the molecule is Cc1nccn1-c1nccn2c(C)nnc12. The van der Waals surface area contributed by atoms with Gasteiger partial charge in [0.25, 0.3) is 0 Å². The van der Waals surface area contributed by atoms with E-state index in [1.165, 1.54) is 0 Å². The van der Waals surface area contributed by atoms with E-state index in [4.69, 9.17) is 0 Å². The molecule has 0 saturated carbocycles. The van der Waals surface area contributed by atoms with Crippen molar-refractivity contribution in [2.75, 3.05) is 0 Å². The number of nitrogens with zero attached hydrogens (tertiary/aromatic N) is 6. The topological polar surface area (TPSA) is 60.9 Å².